The summed E-state index contributed by atoms with van der Waals surface area (Å²) in [7, 11) is 0. The van der Waals surface area contributed by atoms with E-state index in [1.54, 1.807) is 30.3 Å². The van der Waals surface area contributed by atoms with E-state index in [2.05, 4.69) is 72.2 Å². The standard InChI is InChI=1S/C28H21Br2N3O3/c29-17-9-11-18(12-10-17)32-24-8-4-7-20(24)21-13-16(15-23(30)26(21)32)14-22-25(28(35)36)31-33(27(22)34)19-5-2-1-3-6-19/h1-3,5-6,9-15,20,24H,4,7-8H2,(H,35,36)/b22-14-. The number of carboxylic acid groups (broad SMARTS) is 1. The van der Waals surface area contributed by atoms with Crippen LogP contribution in [-0.2, 0) is 9.59 Å². The molecule has 0 radical (unpaired) electrons. The van der Waals surface area contributed by atoms with Crippen LogP contribution in [0.4, 0.5) is 17.1 Å². The normalized spacial score (nSPS) is 21.7. The van der Waals surface area contributed by atoms with Crippen LogP contribution in [0.15, 0.2) is 86.3 Å². The molecule has 180 valence electrons. The highest BCUT2D eigenvalue weighted by Crippen LogP contribution is 2.55. The molecule has 2 aliphatic heterocycles. The van der Waals surface area contributed by atoms with E-state index in [4.69, 9.17) is 0 Å². The summed E-state index contributed by atoms with van der Waals surface area (Å²) in [6.45, 7) is 0. The Kier molecular flexibility index (Phi) is 5.80. The zero-order valence-corrected chi connectivity index (χ0v) is 22.2. The van der Waals surface area contributed by atoms with Gasteiger partial charge in [0.25, 0.3) is 5.91 Å². The van der Waals surface area contributed by atoms with Crippen molar-refractivity contribution in [1.29, 1.82) is 0 Å². The van der Waals surface area contributed by atoms with Gasteiger partial charge in [-0.05, 0) is 94.5 Å². The molecule has 1 amide bonds. The van der Waals surface area contributed by atoms with Crippen LogP contribution in [0.2, 0.25) is 0 Å². The molecule has 1 saturated carbocycles. The number of carbonyl (C=O) groups excluding carboxylic acids is 1. The van der Waals surface area contributed by atoms with Crippen molar-refractivity contribution < 1.29 is 14.7 Å². The molecule has 8 heteroatoms. The first-order valence-electron chi connectivity index (χ1n) is 11.7. The highest BCUT2D eigenvalue weighted by Gasteiger charge is 2.43. The van der Waals surface area contributed by atoms with E-state index in [0.29, 0.717) is 17.6 Å². The first kappa shape index (κ1) is 23.2. The Morgan fingerprint density at radius 3 is 2.47 bits per heavy atom. The van der Waals surface area contributed by atoms with Gasteiger partial charge < -0.3 is 10.0 Å². The van der Waals surface area contributed by atoms with Crippen LogP contribution >= 0.6 is 31.9 Å². The van der Waals surface area contributed by atoms with Crippen LogP contribution in [0.5, 0.6) is 0 Å². The van der Waals surface area contributed by atoms with Crippen LogP contribution in [-0.4, -0.2) is 28.7 Å². The predicted octanol–water partition coefficient (Wildman–Crippen LogP) is 6.87. The molecule has 1 aliphatic carbocycles. The molecular formula is C28H21Br2N3O3. The number of nitrogens with zero attached hydrogens (tertiary/aromatic N) is 3. The molecule has 0 saturated heterocycles. The van der Waals surface area contributed by atoms with E-state index in [1.807, 2.05) is 12.1 Å². The number of hydrazone groups is 1. The molecule has 1 fully saturated rings. The summed E-state index contributed by atoms with van der Waals surface area (Å²) >= 11 is 7.32. The zero-order valence-electron chi connectivity index (χ0n) is 19.1. The number of rotatable bonds is 4. The number of carboxylic acids is 1. The summed E-state index contributed by atoms with van der Waals surface area (Å²) in [4.78, 5) is 27.6. The number of fused-ring (bicyclic) bond motifs is 3. The van der Waals surface area contributed by atoms with Crippen LogP contribution in [0.3, 0.4) is 0 Å². The van der Waals surface area contributed by atoms with Crippen molar-refractivity contribution in [2.45, 2.75) is 31.2 Å². The van der Waals surface area contributed by atoms with E-state index in [-0.39, 0.29) is 11.3 Å². The first-order chi connectivity index (χ1) is 17.4. The molecule has 3 aliphatic rings. The molecule has 0 spiro atoms. The van der Waals surface area contributed by atoms with Crippen molar-refractivity contribution in [2.24, 2.45) is 5.10 Å². The van der Waals surface area contributed by atoms with Crippen molar-refractivity contribution in [1.82, 2.24) is 0 Å². The maximum Gasteiger partial charge on any atom is 0.357 e. The average molecular weight is 607 g/mol. The maximum absolute atomic E-state index is 13.2. The second kappa shape index (κ2) is 9.01. The van der Waals surface area contributed by atoms with Crippen LogP contribution < -0.4 is 9.91 Å². The molecule has 36 heavy (non-hydrogen) atoms. The van der Waals surface area contributed by atoms with Gasteiger partial charge in [0.05, 0.1) is 16.9 Å². The fourth-order valence-electron chi connectivity index (χ4n) is 5.58. The largest absolute Gasteiger partial charge is 0.476 e. The molecule has 6 rings (SSSR count). The summed E-state index contributed by atoms with van der Waals surface area (Å²) in [6.07, 6.45) is 5.01. The van der Waals surface area contributed by atoms with Gasteiger partial charge in [-0.1, -0.05) is 40.5 Å². The third-order valence-electron chi connectivity index (χ3n) is 7.06. The number of para-hydroxylation sites is 1. The second-order valence-corrected chi connectivity index (χ2v) is 10.9. The number of halogens is 2. The third kappa shape index (κ3) is 3.79. The number of aliphatic carboxylic acids is 1. The zero-order chi connectivity index (χ0) is 25.0. The molecule has 6 nitrogen and oxygen atoms in total. The Hall–Kier alpha value is -3.23. The lowest BCUT2D eigenvalue weighted by atomic mass is 9.95. The van der Waals surface area contributed by atoms with Gasteiger partial charge in [0.1, 0.15) is 0 Å². The van der Waals surface area contributed by atoms with Crippen molar-refractivity contribution in [2.75, 3.05) is 9.91 Å². The van der Waals surface area contributed by atoms with Crippen molar-refractivity contribution in [3.05, 3.63) is 92.4 Å². The Bertz CT molecular complexity index is 1450. The van der Waals surface area contributed by atoms with Gasteiger partial charge in [-0.25, -0.2) is 4.79 Å². The minimum absolute atomic E-state index is 0.0731. The molecule has 3 aromatic carbocycles. The molecule has 0 aromatic heterocycles. The maximum atomic E-state index is 13.2. The van der Waals surface area contributed by atoms with Gasteiger partial charge in [0.2, 0.25) is 0 Å². The topological polar surface area (TPSA) is 73.2 Å². The Morgan fingerprint density at radius 1 is 1.00 bits per heavy atom. The SMILES string of the molecule is O=C(O)C1=NN(c2ccccc2)C(=O)/C1=C\c1cc(Br)c2c(c1)C1CCCC1N2c1ccc(Br)cc1. The Balaban J connectivity index is 1.43. The highest BCUT2D eigenvalue weighted by atomic mass is 79.9. The van der Waals surface area contributed by atoms with E-state index in [0.717, 1.165) is 50.2 Å². The van der Waals surface area contributed by atoms with Gasteiger partial charge in [-0.15, -0.1) is 0 Å². The monoisotopic (exact) mass is 605 g/mol. The molecule has 1 N–H and O–H groups in total. The van der Waals surface area contributed by atoms with Gasteiger partial charge in [0.15, 0.2) is 5.71 Å². The Morgan fingerprint density at radius 2 is 1.75 bits per heavy atom. The lowest BCUT2D eigenvalue weighted by molar-refractivity contribution is -0.129. The fourth-order valence-corrected chi connectivity index (χ4v) is 6.52. The fraction of sp³-hybridized carbons (Fsp3) is 0.179. The molecule has 2 atom stereocenters. The number of carbonyl (C=O) groups is 2. The highest BCUT2D eigenvalue weighted by molar-refractivity contribution is 9.10. The van der Waals surface area contributed by atoms with Gasteiger partial charge in [0, 0.05) is 26.6 Å². The minimum Gasteiger partial charge on any atom is -0.476 e. The molecule has 2 unspecified atom stereocenters. The molecule has 0 bridgehead atoms. The molecular weight excluding hydrogens is 586 g/mol. The van der Waals surface area contributed by atoms with Crippen LogP contribution in [0.25, 0.3) is 6.08 Å². The lowest BCUT2D eigenvalue weighted by Gasteiger charge is -2.28. The minimum atomic E-state index is -1.23. The molecule has 2 heterocycles. The van der Waals surface area contributed by atoms with Crippen molar-refractivity contribution >= 4 is 72.6 Å². The van der Waals surface area contributed by atoms with Crippen molar-refractivity contribution in [3.8, 4) is 0 Å². The van der Waals surface area contributed by atoms with E-state index in [1.165, 1.54) is 5.56 Å². The number of benzene rings is 3. The summed E-state index contributed by atoms with van der Waals surface area (Å²) in [5.74, 6) is -1.30. The average Bonchev–Trinajstić information content (AvgIpc) is 3.55. The van der Waals surface area contributed by atoms with Crippen LogP contribution in [0.1, 0.15) is 36.3 Å². The first-order valence-corrected chi connectivity index (χ1v) is 13.3. The summed E-state index contributed by atoms with van der Waals surface area (Å²) < 4.78 is 1.96. The molecule has 3 aromatic rings. The number of anilines is 3. The van der Waals surface area contributed by atoms with Crippen molar-refractivity contribution in [3.63, 3.8) is 0 Å². The van der Waals surface area contributed by atoms with Gasteiger partial charge in [-0.3, -0.25) is 4.79 Å². The summed E-state index contributed by atoms with van der Waals surface area (Å²) in [6, 6.07) is 21.7. The second-order valence-electron chi connectivity index (χ2n) is 9.16. The lowest BCUT2D eigenvalue weighted by Crippen LogP contribution is -2.26. The summed E-state index contributed by atoms with van der Waals surface area (Å²) in [5, 5.41) is 15.1. The quantitative estimate of drug-likeness (QED) is 0.329. The smallest absolute Gasteiger partial charge is 0.357 e. The number of hydrogen-bond acceptors (Lipinski definition) is 4. The Labute approximate surface area is 225 Å². The van der Waals surface area contributed by atoms with E-state index >= 15 is 0 Å². The predicted molar refractivity (Wildman–Crippen MR) is 148 cm³/mol. The number of hydrogen-bond donors (Lipinski definition) is 1. The van der Waals surface area contributed by atoms with Gasteiger partial charge in [-0.2, -0.15) is 10.1 Å². The van der Waals surface area contributed by atoms with E-state index < -0.39 is 11.9 Å². The van der Waals surface area contributed by atoms with Crippen LogP contribution in [0, 0.1) is 0 Å². The van der Waals surface area contributed by atoms with Gasteiger partial charge >= 0.3 is 5.97 Å². The number of amides is 1. The summed E-state index contributed by atoms with van der Waals surface area (Å²) in [5.41, 5.74) is 4.63. The third-order valence-corrected chi connectivity index (χ3v) is 8.20. The van der Waals surface area contributed by atoms with E-state index in [9.17, 15) is 14.7 Å².